The van der Waals surface area contributed by atoms with Gasteiger partial charge in [0.25, 0.3) is 0 Å². The molecule has 1 aromatic rings. The molecule has 1 aromatic carbocycles. The molecule has 0 spiro atoms. The zero-order valence-corrected chi connectivity index (χ0v) is 13.6. The highest BCUT2D eigenvalue weighted by Crippen LogP contribution is 2.23. The van der Waals surface area contributed by atoms with Crippen molar-refractivity contribution in [3.8, 4) is 0 Å². The Morgan fingerprint density at radius 2 is 1.90 bits per heavy atom. The van der Waals surface area contributed by atoms with Crippen LogP contribution in [0, 0.1) is 6.92 Å². The number of anilines is 1. The molecule has 21 heavy (non-hydrogen) atoms. The molecule has 0 N–H and O–H groups in total. The fraction of sp³-hybridized carbons (Fsp3) is 0.533. The second-order valence-corrected chi connectivity index (χ2v) is 7.47. The smallest absolute Gasteiger partial charge is 0.246 e. The van der Waals surface area contributed by atoms with E-state index in [1.54, 1.807) is 30.0 Å². The third-order valence-electron chi connectivity index (χ3n) is 3.74. The molecule has 1 aliphatic heterocycles. The molecular formula is C15H22N2O3S. The van der Waals surface area contributed by atoms with Gasteiger partial charge in [0.15, 0.2) is 0 Å². The van der Waals surface area contributed by atoms with Crippen LogP contribution < -0.4 is 4.31 Å². The highest BCUT2D eigenvalue weighted by molar-refractivity contribution is 7.92. The Kier molecular flexibility index (Phi) is 4.56. The Morgan fingerprint density at radius 1 is 1.29 bits per heavy atom. The fourth-order valence-corrected chi connectivity index (χ4v) is 3.93. The molecule has 116 valence electrons. The maximum absolute atomic E-state index is 12.5. The van der Waals surface area contributed by atoms with Crippen molar-refractivity contribution < 1.29 is 13.2 Å². The number of carbonyl (C=O) groups is 1. The summed E-state index contributed by atoms with van der Waals surface area (Å²) in [7, 11) is -3.52. The number of hydrogen-bond acceptors (Lipinski definition) is 3. The monoisotopic (exact) mass is 310 g/mol. The Morgan fingerprint density at radius 3 is 2.43 bits per heavy atom. The van der Waals surface area contributed by atoms with Gasteiger partial charge in [0.2, 0.25) is 15.9 Å². The predicted molar refractivity (Wildman–Crippen MR) is 83.8 cm³/mol. The van der Waals surface area contributed by atoms with Crippen molar-refractivity contribution in [1.82, 2.24) is 4.90 Å². The molecular weight excluding hydrogens is 288 g/mol. The predicted octanol–water partition coefficient (Wildman–Crippen LogP) is 1.77. The van der Waals surface area contributed by atoms with E-state index in [0.717, 1.165) is 24.7 Å². The van der Waals surface area contributed by atoms with Gasteiger partial charge >= 0.3 is 0 Å². The van der Waals surface area contributed by atoms with Crippen molar-refractivity contribution in [3.63, 3.8) is 0 Å². The number of benzene rings is 1. The lowest BCUT2D eigenvalue weighted by Crippen LogP contribution is -2.48. The number of hydrogen-bond donors (Lipinski definition) is 0. The van der Waals surface area contributed by atoms with E-state index in [4.69, 9.17) is 0 Å². The minimum absolute atomic E-state index is 0.126. The first-order valence-electron chi connectivity index (χ1n) is 7.15. The maximum Gasteiger partial charge on any atom is 0.246 e. The van der Waals surface area contributed by atoms with Gasteiger partial charge in [-0.25, -0.2) is 8.42 Å². The molecule has 0 radical (unpaired) electrons. The molecule has 5 nitrogen and oxygen atoms in total. The molecule has 0 saturated carbocycles. The van der Waals surface area contributed by atoms with Crippen molar-refractivity contribution in [2.45, 2.75) is 32.7 Å². The van der Waals surface area contributed by atoms with Crippen LogP contribution in [0.25, 0.3) is 0 Å². The summed E-state index contributed by atoms with van der Waals surface area (Å²) in [5, 5.41) is 0. The van der Waals surface area contributed by atoms with Crippen LogP contribution in [-0.4, -0.2) is 44.6 Å². The van der Waals surface area contributed by atoms with Gasteiger partial charge in [-0.2, -0.15) is 0 Å². The highest BCUT2D eigenvalue weighted by atomic mass is 32.2. The number of carbonyl (C=O) groups excluding carboxylic acids is 1. The van der Waals surface area contributed by atoms with E-state index in [-0.39, 0.29) is 5.91 Å². The molecule has 1 atom stereocenters. The lowest BCUT2D eigenvalue weighted by atomic mass is 10.2. The first kappa shape index (κ1) is 15.8. The Bertz CT molecular complexity index is 622. The van der Waals surface area contributed by atoms with Crippen molar-refractivity contribution in [2.75, 3.05) is 23.7 Å². The summed E-state index contributed by atoms with van der Waals surface area (Å²) in [5.74, 6) is -0.126. The fourth-order valence-electron chi connectivity index (χ4n) is 2.77. The molecule has 0 aliphatic carbocycles. The van der Waals surface area contributed by atoms with Crippen LogP contribution in [0.3, 0.4) is 0 Å². The summed E-state index contributed by atoms with van der Waals surface area (Å²) in [4.78, 5) is 14.3. The lowest BCUT2D eigenvalue weighted by Gasteiger charge is -2.31. The molecule has 1 heterocycles. The van der Waals surface area contributed by atoms with Crippen molar-refractivity contribution >= 4 is 21.6 Å². The van der Waals surface area contributed by atoms with E-state index < -0.39 is 16.1 Å². The SMILES string of the molecule is Cc1cccc(N(C(C)C(=O)N2CCCC2)S(C)(=O)=O)c1. The zero-order chi connectivity index (χ0) is 15.6. The van der Waals surface area contributed by atoms with Crippen LogP contribution in [0.4, 0.5) is 5.69 Å². The molecule has 6 heteroatoms. The Labute approximate surface area is 126 Å². The Balaban J connectivity index is 2.34. The third-order valence-corrected chi connectivity index (χ3v) is 4.98. The number of likely N-dealkylation sites (tertiary alicyclic amines) is 1. The zero-order valence-electron chi connectivity index (χ0n) is 12.7. The van der Waals surface area contributed by atoms with E-state index in [2.05, 4.69) is 0 Å². The lowest BCUT2D eigenvalue weighted by molar-refractivity contribution is -0.130. The normalized spacial score (nSPS) is 16.8. The van der Waals surface area contributed by atoms with Crippen molar-refractivity contribution in [2.24, 2.45) is 0 Å². The van der Waals surface area contributed by atoms with E-state index in [1.165, 1.54) is 4.31 Å². The maximum atomic E-state index is 12.5. The molecule has 1 aliphatic rings. The van der Waals surface area contributed by atoms with Crippen LogP contribution in [0.15, 0.2) is 24.3 Å². The standard InChI is InChI=1S/C15H22N2O3S/c1-12-7-6-8-14(11-12)17(21(3,19)20)13(2)15(18)16-9-4-5-10-16/h6-8,11,13H,4-5,9-10H2,1-3H3. The van der Waals surface area contributed by atoms with E-state index in [0.29, 0.717) is 18.8 Å². The van der Waals surface area contributed by atoms with Crippen LogP contribution in [-0.2, 0) is 14.8 Å². The molecule has 1 amide bonds. The van der Waals surface area contributed by atoms with Gasteiger partial charge in [0, 0.05) is 13.1 Å². The summed E-state index contributed by atoms with van der Waals surface area (Å²) in [5.41, 5.74) is 1.50. The molecule has 1 fully saturated rings. The second-order valence-electron chi connectivity index (χ2n) is 5.61. The summed E-state index contributed by atoms with van der Waals surface area (Å²) < 4.78 is 25.5. The van der Waals surface area contributed by atoms with E-state index in [1.807, 2.05) is 13.0 Å². The third kappa shape index (κ3) is 3.56. The number of amides is 1. The van der Waals surface area contributed by atoms with Crippen molar-refractivity contribution in [1.29, 1.82) is 0 Å². The van der Waals surface area contributed by atoms with Gasteiger partial charge in [-0.3, -0.25) is 9.10 Å². The summed E-state index contributed by atoms with van der Waals surface area (Å²) >= 11 is 0. The number of rotatable bonds is 4. The van der Waals surface area contributed by atoms with E-state index in [9.17, 15) is 13.2 Å². The van der Waals surface area contributed by atoms with Gasteiger partial charge in [-0.1, -0.05) is 12.1 Å². The summed E-state index contributed by atoms with van der Waals surface area (Å²) in [6.07, 6.45) is 3.12. The molecule has 0 aromatic heterocycles. The minimum atomic E-state index is -3.52. The quantitative estimate of drug-likeness (QED) is 0.851. The summed E-state index contributed by atoms with van der Waals surface area (Å²) in [6, 6.07) is 6.49. The molecule has 1 unspecified atom stereocenters. The van der Waals surface area contributed by atoms with E-state index >= 15 is 0 Å². The molecule has 2 rings (SSSR count). The Hall–Kier alpha value is -1.56. The van der Waals surface area contributed by atoms with Crippen LogP contribution in [0.5, 0.6) is 0 Å². The van der Waals surface area contributed by atoms with Crippen molar-refractivity contribution in [3.05, 3.63) is 29.8 Å². The first-order valence-corrected chi connectivity index (χ1v) is 9.00. The van der Waals surface area contributed by atoms with Gasteiger partial charge in [0.05, 0.1) is 11.9 Å². The first-order chi connectivity index (χ1) is 9.80. The van der Waals surface area contributed by atoms with Gasteiger partial charge in [-0.15, -0.1) is 0 Å². The molecule has 1 saturated heterocycles. The minimum Gasteiger partial charge on any atom is -0.341 e. The van der Waals surface area contributed by atoms with Gasteiger partial charge in [-0.05, 0) is 44.4 Å². The number of nitrogens with zero attached hydrogens (tertiary/aromatic N) is 2. The van der Waals surface area contributed by atoms with Crippen LogP contribution >= 0.6 is 0 Å². The average Bonchev–Trinajstić information content (AvgIpc) is 2.90. The second kappa shape index (κ2) is 6.05. The topological polar surface area (TPSA) is 57.7 Å². The van der Waals surface area contributed by atoms with Crippen LogP contribution in [0.1, 0.15) is 25.3 Å². The van der Waals surface area contributed by atoms with Crippen LogP contribution in [0.2, 0.25) is 0 Å². The number of aryl methyl sites for hydroxylation is 1. The van der Waals surface area contributed by atoms with Gasteiger partial charge in [0.1, 0.15) is 6.04 Å². The average molecular weight is 310 g/mol. The highest BCUT2D eigenvalue weighted by Gasteiger charge is 2.32. The van der Waals surface area contributed by atoms with Gasteiger partial charge < -0.3 is 4.90 Å². The summed E-state index contributed by atoms with van der Waals surface area (Å²) in [6.45, 7) is 4.99. The number of sulfonamides is 1. The largest absolute Gasteiger partial charge is 0.341 e. The molecule has 0 bridgehead atoms.